The van der Waals surface area contributed by atoms with E-state index in [0.29, 0.717) is 12.4 Å². The monoisotopic (exact) mass is 188 g/mol. The minimum atomic E-state index is -0.268. The average molecular weight is 188 g/mol. The van der Waals surface area contributed by atoms with E-state index in [4.69, 9.17) is 6.42 Å². The molecule has 0 N–H and O–H groups in total. The zero-order valence-electron chi connectivity index (χ0n) is 7.79. The van der Waals surface area contributed by atoms with Crippen LogP contribution in [0, 0.1) is 18.2 Å². The second-order valence-electron chi connectivity index (χ2n) is 2.96. The van der Waals surface area contributed by atoms with Gasteiger partial charge in [-0.1, -0.05) is 0 Å². The van der Waals surface area contributed by atoms with Crippen molar-refractivity contribution < 1.29 is 4.39 Å². The summed E-state index contributed by atoms with van der Waals surface area (Å²) in [4.78, 5) is 4.20. The Kier molecular flexibility index (Phi) is 1.97. The Labute approximate surface area is 81.4 Å². The van der Waals surface area contributed by atoms with Crippen LogP contribution < -0.4 is 0 Å². The van der Waals surface area contributed by atoms with Crippen LogP contribution in [0.4, 0.5) is 4.39 Å². The number of rotatable bonds is 1. The van der Waals surface area contributed by atoms with Crippen molar-refractivity contribution in [3.05, 3.63) is 29.8 Å². The fourth-order valence-corrected chi connectivity index (χ4v) is 1.53. The molecule has 0 radical (unpaired) electrons. The number of halogens is 1. The van der Waals surface area contributed by atoms with Gasteiger partial charge in [0.2, 0.25) is 0 Å². The highest BCUT2D eigenvalue weighted by atomic mass is 19.1. The first-order valence-corrected chi connectivity index (χ1v) is 4.38. The van der Waals surface area contributed by atoms with Crippen LogP contribution in [0.2, 0.25) is 0 Å². The van der Waals surface area contributed by atoms with Gasteiger partial charge in [0, 0.05) is 6.54 Å². The molecule has 0 aliphatic heterocycles. The van der Waals surface area contributed by atoms with E-state index in [1.807, 2.05) is 11.5 Å². The van der Waals surface area contributed by atoms with Crippen molar-refractivity contribution in [2.24, 2.45) is 0 Å². The molecule has 0 atom stereocenters. The van der Waals surface area contributed by atoms with Crippen LogP contribution >= 0.6 is 0 Å². The van der Waals surface area contributed by atoms with E-state index in [2.05, 4.69) is 10.9 Å². The third-order valence-electron chi connectivity index (χ3n) is 2.16. The lowest BCUT2D eigenvalue weighted by Gasteiger charge is -2.00. The molecule has 1 heterocycles. The standard InChI is InChI=1S/C11H9FN2/c1-3-11-13-9-6-5-8(12)7-10(9)14(11)4-2/h1,5-7H,4H2,2H3. The fraction of sp³-hybridized carbons (Fsp3) is 0.182. The summed E-state index contributed by atoms with van der Waals surface area (Å²) in [5, 5.41) is 0. The number of imidazole rings is 1. The topological polar surface area (TPSA) is 17.8 Å². The van der Waals surface area contributed by atoms with Crippen LogP contribution in [-0.2, 0) is 6.54 Å². The number of benzene rings is 1. The zero-order valence-corrected chi connectivity index (χ0v) is 7.79. The van der Waals surface area contributed by atoms with E-state index in [-0.39, 0.29) is 5.82 Å². The van der Waals surface area contributed by atoms with Gasteiger partial charge in [-0.2, -0.15) is 0 Å². The molecule has 70 valence electrons. The van der Waals surface area contributed by atoms with Crippen molar-refractivity contribution >= 4 is 11.0 Å². The maximum absolute atomic E-state index is 13.0. The lowest BCUT2D eigenvalue weighted by Crippen LogP contribution is -1.97. The van der Waals surface area contributed by atoms with Crippen molar-refractivity contribution in [1.82, 2.24) is 9.55 Å². The van der Waals surface area contributed by atoms with E-state index in [1.165, 1.54) is 12.1 Å². The first kappa shape index (κ1) is 8.76. The lowest BCUT2D eigenvalue weighted by molar-refractivity contribution is 0.628. The van der Waals surface area contributed by atoms with Gasteiger partial charge in [-0.3, -0.25) is 0 Å². The van der Waals surface area contributed by atoms with Crippen molar-refractivity contribution in [3.8, 4) is 12.3 Å². The Balaban J connectivity index is 2.83. The minimum Gasteiger partial charge on any atom is -0.317 e. The van der Waals surface area contributed by atoms with Crippen LogP contribution in [0.25, 0.3) is 11.0 Å². The maximum Gasteiger partial charge on any atom is 0.186 e. The molecule has 1 aromatic carbocycles. The highest BCUT2D eigenvalue weighted by Crippen LogP contribution is 2.16. The van der Waals surface area contributed by atoms with Crippen LogP contribution in [-0.4, -0.2) is 9.55 Å². The number of aromatic nitrogens is 2. The molecular formula is C11H9FN2. The Morgan fingerprint density at radius 2 is 2.36 bits per heavy atom. The van der Waals surface area contributed by atoms with Gasteiger partial charge in [0.25, 0.3) is 0 Å². The molecule has 0 bridgehead atoms. The van der Waals surface area contributed by atoms with Crippen molar-refractivity contribution in [2.75, 3.05) is 0 Å². The summed E-state index contributed by atoms with van der Waals surface area (Å²) >= 11 is 0. The molecule has 0 saturated carbocycles. The second kappa shape index (κ2) is 3.15. The molecule has 0 aliphatic carbocycles. The van der Waals surface area contributed by atoms with Crippen molar-refractivity contribution in [2.45, 2.75) is 13.5 Å². The van der Waals surface area contributed by atoms with E-state index >= 15 is 0 Å². The average Bonchev–Trinajstić information content (AvgIpc) is 2.54. The van der Waals surface area contributed by atoms with Gasteiger partial charge >= 0.3 is 0 Å². The molecule has 2 rings (SSSR count). The molecule has 0 spiro atoms. The van der Waals surface area contributed by atoms with Gasteiger partial charge < -0.3 is 4.57 Å². The lowest BCUT2D eigenvalue weighted by atomic mass is 10.3. The quantitative estimate of drug-likeness (QED) is 0.627. The summed E-state index contributed by atoms with van der Waals surface area (Å²) in [6.45, 7) is 2.65. The van der Waals surface area contributed by atoms with Gasteiger partial charge in [-0.15, -0.1) is 6.42 Å². The normalized spacial score (nSPS) is 10.4. The highest BCUT2D eigenvalue weighted by Gasteiger charge is 2.07. The molecule has 2 nitrogen and oxygen atoms in total. The van der Waals surface area contributed by atoms with Gasteiger partial charge in [0.1, 0.15) is 5.82 Å². The van der Waals surface area contributed by atoms with Crippen molar-refractivity contribution in [3.63, 3.8) is 0 Å². The van der Waals surface area contributed by atoms with Crippen LogP contribution in [0.15, 0.2) is 18.2 Å². The molecule has 0 amide bonds. The van der Waals surface area contributed by atoms with Crippen LogP contribution in [0.5, 0.6) is 0 Å². The number of hydrogen-bond donors (Lipinski definition) is 0. The molecule has 14 heavy (non-hydrogen) atoms. The minimum absolute atomic E-state index is 0.268. The largest absolute Gasteiger partial charge is 0.317 e. The zero-order chi connectivity index (χ0) is 10.1. The second-order valence-corrected chi connectivity index (χ2v) is 2.96. The molecular weight excluding hydrogens is 179 g/mol. The summed E-state index contributed by atoms with van der Waals surface area (Å²) in [6.07, 6.45) is 5.30. The number of fused-ring (bicyclic) bond motifs is 1. The highest BCUT2D eigenvalue weighted by molar-refractivity contribution is 5.76. The molecule has 2 aromatic rings. The molecule has 3 heteroatoms. The number of terminal acetylenes is 1. The van der Waals surface area contributed by atoms with E-state index in [0.717, 1.165) is 11.0 Å². The Morgan fingerprint density at radius 3 is 3.00 bits per heavy atom. The number of nitrogens with zero attached hydrogens (tertiary/aromatic N) is 2. The third kappa shape index (κ3) is 1.16. The van der Waals surface area contributed by atoms with Gasteiger partial charge in [0.15, 0.2) is 5.82 Å². The SMILES string of the molecule is C#Cc1nc2ccc(F)cc2n1CC. The Morgan fingerprint density at radius 1 is 1.57 bits per heavy atom. The molecule has 0 aliphatic rings. The number of hydrogen-bond acceptors (Lipinski definition) is 1. The van der Waals surface area contributed by atoms with Crippen molar-refractivity contribution in [1.29, 1.82) is 0 Å². The van der Waals surface area contributed by atoms with Crippen LogP contribution in [0.3, 0.4) is 0 Å². The van der Waals surface area contributed by atoms with Crippen LogP contribution in [0.1, 0.15) is 12.7 Å². The first-order chi connectivity index (χ1) is 6.76. The molecule has 0 saturated heterocycles. The smallest absolute Gasteiger partial charge is 0.186 e. The summed E-state index contributed by atoms with van der Waals surface area (Å²) in [5.41, 5.74) is 1.49. The first-order valence-electron chi connectivity index (χ1n) is 4.38. The maximum atomic E-state index is 13.0. The summed E-state index contributed by atoms with van der Waals surface area (Å²) in [7, 11) is 0. The molecule has 0 fully saturated rings. The third-order valence-corrected chi connectivity index (χ3v) is 2.16. The Hall–Kier alpha value is -1.82. The van der Waals surface area contributed by atoms with Gasteiger partial charge in [-0.05, 0) is 31.0 Å². The number of aryl methyl sites for hydroxylation is 1. The predicted molar refractivity (Wildman–Crippen MR) is 53.3 cm³/mol. The van der Waals surface area contributed by atoms with E-state index in [9.17, 15) is 4.39 Å². The summed E-state index contributed by atoms with van der Waals surface area (Å²) < 4.78 is 14.8. The summed E-state index contributed by atoms with van der Waals surface area (Å²) in [5.74, 6) is 2.77. The van der Waals surface area contributed by atoms with Gasteiger partial charge in [0.05, 0.1) is 11.0 Å². The summed E-state index contributed by atoms with van der Waals surface area (Å²) in [6, 6.07) is 4.47. The molecule has 1 aromatic heterocycles. The Bertz CT molecular complexity index is 520. The van der Waals surface area contributed by atoms with Gasteiger partial charge in [-0.25, -0.2) is 9.37 Å². The van der Waals surface area contributed by atoms with E-state index < -0.39 is 0 Å². The fourth-order valence-electron chi connectivity index (χ4n) is 1.53. The van der Waals surface area contributed by atoms with E-state index in [1.54, 1.807) is 6.07 Å². The molecule has 0 unspecified atom stereocenters. The predicted octanol–water partition coefficient (Wildman–Crippen LogP) is 2.18.